The maximum Gasteiger partial charge on any atom is 0.0148 e. The summed E-state index contributed by atoms with van der Waals surface area (Å²) in [6.07, 6.45) is 2.99. The molecule has 7 aromatic carbocycles. The van der Waals surface area contributed by atoms with E-state index in [1.807, 2.05) is 0 Å². The van der Waals surface area contributed by atoms with Gasteiger partial charge in [-0.05, 0) is 103 Å². The van der Waals surface area contributed by atoms with Crippen molar-refractivity contribution in [1.29, 1.82) is 0 Å². The third-order valence-corrected chi connectivity index (χ3v) is 11.3. The van der Waals surface area contributed by atoms with Gasteiger partial charge in [-0.3, -0.25) is 0 Å². The van der Waals surface area contributed by atoms with Crippen LogP contribution in [0.3, 0.4) is 0 Å². The van der Waals surface area contributed by atoms with Crippen LogP contribution in [0.2, 0.25) is 0 Å². The Kier molecular flexibility index (Phi) is 6.37. The van der Waals surface area contributed by atoms with Crippen LogP contribution in [-0.4, -0.2) is 0 Å². The molecule has 0 nitrogen and oxygen atoms in total. The molecule has 0 saturated heterocycles. The lowest BCUT2D eigenvalue weighted by Gasteiger charge is -2.25. The number of hydrogen-bond acceptors (Lipinski definition) is 0. The number of fused-ring (bicyclic) bond motifs is 12. The van der Waals surface area contributed by atoms with Crippen LogP contribution in [0.25, 0.3) is 33.4 Å². The molecular weight excluding hydrogens is 577 g/mol. The molecule has 0 amide bonds. The monoisotopic (exact) mass is 612 g/mol. The van der Waals surface area contributed by atoms with Crippen molar-refractivity contribution in [3.8, 4) is 33.4 Å². The standard InChI is InChI=1S/C48H36/c1-4-16-31(17-5-1)28-40-34-22-10-13-25-37(34)43-46(40)44-38-26-14-11-23-35(38)41(29-32-18-6-2-7-19-32)48(44)45-39-27-15-12-24-36(39)42(47(43)45)30-33-20-8-3-9-21-33/h1-27,40-42H,28-30H2/t40-,41-,42-/m0/s1. The number of benzene rings is 7. The van der Waals surface area contributed by atoms with E-state index in [2.05, 4.69) is 164 Å². The Morgan fingerprint density at radius 1 is 0.271 bits per heavy atom. The summed E-state index contributed by atoms with van der Waals surface area (Å²) in [4.78, 5) is 0. The number of rotatable bonds is 6. The van der Waals surface area contributed by atoms with Gasteiger partial charge in [0.1, 0.15) is 0 Å². The van der Waals surface area contributed by atoms with Crippen molar-refractivity contribution >= 4 is 0 Å². The van der Waals surface area contributed by atoms with E-state index >= 15 is 0 Å². The molecule has 3 aliphatic carbocycles. The maximum atomic E-state index is 2.42. The highest BCUT2D eigenvalue weighted by Gasteiger charge is 2.46. The van der Waals surface area contributed by atoms with Gasteiger partial charge in [0.25, 0.3) is 0 Å². The Hall–Kier alpha value is -5.46. The van der Waals surface area contributed by atoms with Crippen LogP contribution in [-0.2, 0) is 19.3 Å². The molecule has 0 N–H and O–H groups in total. The molecule has 228 valence electrons. The molecule has 0 aliphatic heterocycles. The van der Waals surface area contributed by atoms with E-state index in [-0.39, 0.29) is 0 Å². The summed E-state index contributed by atoms with van der Waals surface area (Å²) in [5.41, 5.74) is 22.1. The van der Waals surface area contributed by atoms with Gasteiger partial charge in [-0.2, -0.15) is 0 Å². The van der Waals surface area contributed by atoms with E-state index < -0.39 is 0 Å². The van der Waals surface area contributed by atoms with Gasteiger partial charge in [-0.25, -0.2) is 0 Å². The van der Waals surface area contributed by atoms with Crippen LogP contribution in [0.4, 0.5) is 0 Å². The first-order chi connectivity index (χ1) is 23.8. The molecule has 7 aromatic rings. The van der Waals surface area contributed by atoms with Gasteiger partial charge in [-0.1, -0.05) is 164 Å². The molecule has 3 aliphatic rings. The molecule has 0 aromatic heterocycles. The van der Waals surface area contributed by atoms with E-state index in [1.54, 1.807) is 16.7 Å². The molecule has 0 unspecified atom stereocenters. The minimum Gasteiger partial charge on any atom is -0.0622 e. The van der Waals surface area contributed by atoms with E-state index in [9.17, 15) is 0 Å². The molecule has 0 saturated carbocycles. The molecule has 0 bridgehead atoms. The van der Waals surface area contributed by atoms with Crippen molar-refractivity contribution in [3.05, 3.63) is 214 Å². The Bertz CT molecular complexity index is 2030. The Balaban J connectivity index is 1.32. The summed E-state index contributed by atoms with van der Waals surface area (Å²) in [6.45, 7) is 0. The summed E-state index contributed by atoms with van der Waals surface area (Å²) < 4.78 is 0. The molecular formula is C48H36. The molecule has 48 heavy (non-hydrogen) atoms. The molecule has 0 fully saturated rings. The van der Waals surface area contributed by atoms with Crippen LogP contribution in [0, 0.1) is 0 Å². The summed E-state index contributed by atoms with van der Waals surface area (Å²) in [7, 11) is 0. The first-order valence-electron chi connectivity index (χ1n) is 17.5. The van der Waals surface area contributed by atoms with Crippen LogP contribution in [0.5, 0.6) is 0 Å². The summed E-state index contributed by atoms with van der Waals surface area (Å²) in [6, 6.07) is 61.5. The zero-order chi connectivity index (χ0) is 31.6. The van der Waals surface area contributed by atoms with Crippen LogP contribution in [0.15, 0.2) is 164 Å². The predicted molar refractivity (Wildman–Crippen MR) is 199 cm³/mol. The Morgan fingerprint density at radius 3 is 0.812 bits per heavy atom. The second kappa shape index (κ2) is 11.1. The third kappa shape index (κ3) is 4.15. The number of hydrogen-bond donors (Lipinski definition) is 0. The van der Waals surface area contributed by atoms with Crippen molar-refractivity contribution in [2.24, 2.45) is 0 Å². The van der Waals surface area contributed by atoms with Gasteiger partial charge in [-0.15, -0.1) is 0 Å². The SMILES string of the molecule is c1ccc(C[C@H]2c3ccccc3-c3c2c2c(c4c3[C@@H](Cc3ccccc3)c3ccccc3-4)[C@@H](Cc3ccccc3)c3ccccc3-2)cc1. The smallest absolute Gasteiger partial charge is 0.0148 e. The summed E-state index contributed by atoms with van der Waals surface area (Å²) in [5.74, 6) is 0.881. The minimum absolute atomic E-state index is 0.294. The van der Waals surface area contributed by atoms with E-state index in [1.165, 1.54) is 66.8 Å². The lowest BCUT2D eigenvalue weighted by atomic mass is 9.78. The average molecular weight is 613 g/mol. The van der Waals surface area contributed by atoms with Crippen LogP contribution >= 0.6 is 0 Å². The zero-order valence-corrected chi connectivity index (χ0v) is 26.9. The first-order valence-corrected chi connectivity index (χ1v) is 17.5. The highest BCUT2D eigenvalue weighted by molar-refractivity contribution is 6.03. The maximum absolute atomic E-state index is 2.42. The fraction of sp³-hybridized carbons (Fsp3) is 0.125. The Labute approximate surface area is 283 Å². The van der Waals surface area contributed by atoms with Crippen LogP contribution < -0.4 is 0 Å². The predicted octanol–water partition coefficient (Wildman–Crippen LogP) is 11.8. The van der Waals surface area contributed by atoms with Gasteiger partial charge >= 0.3 is 0 Å². The highest BCUT2D eigenvalue weighted by Crippen LogP contribution is 2.65. The quantitative estimate of drug-likeness (QED) is 0.175. The van der Waals surface area contributed by atoms with Gasteiger partial charge in [0, 0.05) is 17.8 Å². The van der Waals surface area contributed by atoms with Crippen molar-refractivity contribution in [2.45, 2.75) is 37.0 Å². The molecule has 0 spiro atoms. The van der Waals surface area contributed by atoms with Crippen LogP contribution in [0.1, 0.15) is 67.8 Å². The second-order valence-corrected chi connectivity index (χ2v) is 13.9. The third-order valence-electron chi connectivity index (χ3n) is 11.3. The largest absolute Gasteiger partial charge is 0.0622 e. The average Bonchev–Trinajstić information content (AvgIpc) is 3.76. The van der Waals surface area contributed by atoms with Gasteiger partial charge in [0.2, 0.25) is 0 Å². The van der Waals surface area contributed by atoms with E-state index in [4.69, 9.17) is 0 Å². The molecule has 0 heterocycles. The van der Waals surface area contributed by atoms with Crippen molar-refractivity contribution in [3.63, 3.8) is 0 Å². The van der Waals surface area contributed by atoms with Crippen molar-refractivity contribution < 1.29 is 0 Å². The minimum atomic E-state index is 0.294. The van der Waals surface area contributed by atoms with Crippen molar-refractivity contribution in [2.75, 3.05) is 0 Å². The van der Waals surface area contributed by atoms with Gasteiger partial charge in [0.15, 0.2) is 0 Å². The molecule has 10 rings (SSSR count). The van der Waals surface area contributed by atoms with Gasteiger partial charge in [0.05, 0.1) is 0 Å². The zero-order valence-electron chi connectivity index (χ0n) is 26.9. The summed E-state index contributed by atoms with van der Waals surface area (Å²) >= 11 is 0. The van der Waals surface area contributed by atoms with Crippen molar-refractivity contribution in [1.82, 2.24) is 0 Å². The first kappa shape index (κ1) is 27.6. The topological polar surface area (TPSA) is 0 Å². The Morgan fingerprint density at radius 2 is 0.521 bits per heavy atom. The lowest BCUT2D eigenvalue weighted by molar-refractivity contribution is 0.802. The van der Waals surface area contributed by atoms with Gasteiger partial charge < -0.3 is 0 Å². The normalized spacial score (nSPS) is 17.6. The van der Waals surface area contributed by atoms with E-state index in [0.29, 0.717) is 17.8 Å². The molecule has 3 atom stereocenters. The lowest BCUT2D eigenvalue weighted by Crippen LogP contribution is -2.09. The fourth-order valence-corrected chi connectivity index (χ4v) is 9.46. The molecule has 0 radical (unpaired) electrons. The molecule has 0 heteroatoms. The second-order valence-electron chi connectivity index (χ2n) is 13.9. The fourth-order valence-electron chi connectivity index (χ4n) is 9.46. The summed E-state index contributed by atoms with van der Waals surface area (Å²) in [5, 5.41) is 0. The highest BCUT2D eigenvalue weighted by atomic mass is 14.5. The van der Waals surface area contributed by atoms with E-state index in [0.717, 1.165) is 19.3 Å².